The number of unbranched alkanes of at least 4 members (excludes halogenated alkanes) is 4. The third-order valence-electron chi connectivity index (χ3n) is 5.94. The van der Waals surface area contributed by atoms with Gasteiger partial charge in [0.25, 0.3) is 17.7 Å². The SMILES string of the molecule is O=C1c2ccc3c4c(ccc(c24)C(=O)N1CCCCCO)N(CCCCCO)C3=O. The maximum absolute atomic E-state index is 13.1. The molecule has 0 saturated carbocycles. The van der Waals surface area contributed by atoms with Gasteiger partial charge in [0.1, 0.15) is 0 Å². The first kappa shape index (κ1) is 20.5. The van der Waals surface area contributed by atoms with E-state index in [1.807, 2.05) is 0 Å². The topological polar surface area (TPSA) is 98.2 Å². The molecular formula is C23H26N2O5. The van der Waals surface area contributed by atoms with E-state index in [-0.39, 0.29) is 30.9 Å². The molecule has 158 valence electrons. The van der Waals surface area contributed by atoms with E-state index in [0.29, 0.717) is 59.8 Å². The zero-order chi connectivity index (χ0) is 21.3. The van der Waals surface area contributed by atoms with Crippen LogP contribution in [0.15, 0.2) is 24.3 Å². The number of benzene rings is 2. The first-order valence-corrected chi connectivity index (χ1v) is 10.6. The Morgan fingerprint density at radius 3 is 1.60 bits per heavy atom. The van der Waals surface area contributed by atoms with Crippen LogP contribution in [-0.4, -0.2) is 59.1 Å². The summed E-state index contributed by atoms with van der Waals surface area (Å²) in [5, 5.41) is 19.2. The van der Waals surface area contributed by atoms with E-state index in [2.05, 4.69) is 0 Å². The van der Waals surface area contributed by atoms with Gasteiger partial charge in [-0.1, -0.05) is 0 Å². The van der Waals surface area contributed by atoms with Crippen LogP contribution in [0.2, 0.25) is 0 Å². The first-order chi connectivity index (χ1) is 14.6. The minimum atomic E-state index is -0.325. The van der Waals surface area contributed by atoms with Crippen LogP contribution in [0, 0.1) is 0 Å². The fourth-order valence-electron chi connectivity index (χ4n) is 4.42. The smallest absolute Gasteiger partial charge is 0.261 e. The van der Waals surface area contributed by atoms with E-state index in [1.54, 1.807) is 29.2 Å². The largest absolute Gasteiger partial charge is 0.396 e. The van der Waals surface area contributed by atoms with Crippen molar-refractivity contribution in [1.82, 2.24) is 4.90 Å². The predicted octanol–water partition coefficient (Wildman–Crippen LogP) is 2.72. The number of rotatable bonds is 10. The third kappa shape index (κ3) is 3.28. The number of hydrogen-bond donors (Lipinski definition) is 2. The van der Waals surface area contributed by atoms with Gasteiger partial charge < -0.3 is 15.1 Å². The summed E-state index contributed by atoms with van der Waals surface area (Å²) < 4.78 is 0. The van der Waals surface area contributed by atoms with Crippen molar-refractivity contribution in [2.24, 2.45) is 0 Å². The van der Waals surface area contributed by atoms with Crippen molar-refractivity contribution < 1.29 is 24.6 Å². The molecule has 2 N–H and O–H groups in total. The van der Waals surface area contributed by atoms with Gasteiger partial charge in [-0.05, 0) is 62.8 Å². The fraction of sp³-hybridized carbons (Fsp3) is 0.435. The molecule has 0 fully saturated rings. The third-order valence-corrected chi connectivity index (χ3v) is 5.94. The van der Waals surface area contributed by atoms with Gasteiger partial charge in [0.05, 0.1) is 5.69 Å². The molecule has 30 heavy (non-hydrogen) atoms. The van der Waals surface area contributed by atoms with Crippen LogP contribution in [0.4, 0.5) is 5.69 Å². The monoisotopic (exact) mass is 410 g/mol. The molecular weight excluding hydrogens is 384 g/mol. The van der Waals surface area contributed by atoms with Crippen molar-refractivity contribution in [3.8, 4) is 0 Å². The highest BCUT2D eigenvalue weighted by Gasteiger charge is 2.38. The molecule has 0 saturated heterocycles. The molecule has 0 spiro atoms. The van der Waals surface area contributed by atoms with Gasteiger partial charge in [-0.3, -0.25) is 19.3 Å². The summed E-state index contributed by atoms with van der Waals surface area (Å²) >= 11 is 0. The highest BCUT2D eigenvalue weighted by atomic mass is 16.3. The second-order valence-electron chi connectivity index (χ2n) is 7.83. The summed E-state index contributed by atoms with van der Waals surface area (Å²) in [4.78, 5) is 42.1. The van der Waals surface area contributed by atoms with Crippen LogP contribution < -0.4 is 4.90 Å². The molecule has 7 heteroatoms. The Hall–Kier alpha value is -2.77. The van der Waals surface area contributed by atoms with E-state index >= 15 is 0 Å². The average molecular weight is 410 g/mol. The predicted molar refractivity (Wildman–Crippen MR) is 113 cm³/mol. The van der Waals surface area contributed by atoms with Crippen molar-refractivity contribution in [3.63, 3.8) is 0 Å². The molecule has 0 aliphatic carbocycles. The van der Waals surface area contributed by atoms with Crippen molar-refractivity contribution >= 4 is 34.2 Å². The number of hydrogen-bond acceptors (Lipinski definition) is 5. The molecule has 7 nitrogen and oxygen atoms in total. The number of nitrogens with zero attached hydrogens (tertiary/aromatic N) is 2. The van der Waals surface area contributed by atoms with Gasteiger partial charge in [-0.15, -0.1) is 0 Å². The van der Waals surface area contributed by atoms with Crippen LogP contribution in [0.25, 0.3) is 10.8 Å². The lowest BCUT2D eigenvalue weighted by Crippen LogP contribution is -2.40. The Morgan fingerprint density at radius 2 is 1.03 bits per heavy atom. The van der Waals surface area contributed by atoms with Crippen LogP contribution in [0.5, 0.6) is 0 Å². The van der Waals surface area contributed by atoms with Crippen LogP contribution in [-0.2, 0) is 0 Å². The highest BCUT2D eigenvalue weighted by Crippen LogP contribution is 2.42. The summed E-state index contributed by atoms with van der Waals surface area (Å²) in [5.41, 5.74) is 2.20. The van der Waals surface area contributed by atoms with Crippen molar-refractivity contribution in [2.75, 3.05) is 31.2 Å². The van der Waals surface area contributed by atoms with Crippen LogP contribution in [0.1, 0.15) is 69.6 Å². The molecule has 4 rings (SSSR count). The minimum Gasteiger partial charge on any atom is -0.396 e. The number of aliphatic hydroxyl groups is 2. The highest BCUT2D eigenvalue weighted by molar-refractivity contribution is 6.33. The maximum Gasteiger partial charge on any atom is 0.261 e. The second kappa shape index (κ2) is 8.53. The minimum absolute atomic E-state index is 0.0973. The fourth-order valence-corrected chi connectivity index (χ4v) is 4.42. The summed E-state index contributed by atoms with van der Waals surface area (Å²) in [7, 11) is 0. The van der Waals surface area contributed by atoms with Gasteiger partial charge in [-0.25, -0.2) is 0 Å². The number of aliphatic hydroxyl groups excluding tert-OH is 2. The molecule has 2 heterocycles. The van der Waals surface area contributed by atoms with E-state index < -0.39 is 0 Å². The molecule has 2 aliphatic rings. The summed E-state index contributed by atoms with van der Waals surface area (Å²) in [6.07, 6.45) is 4.33. The summed E-state index contributed by atoms with van der Waals surface area (Å²) in [6.45, 7) is 1.09. The molecule has 0 radical (unpaired) electrons. The standard InChI is InChI=1S/C23H26N2O5/c26-13-5-1-3-11-24-18-10-9-16-19-15(7-8-17(20(18)19)21(24)28)22(29)25(23(16)30)12-4-2-6-14-27/h7-10,26-27H,1-6,11-14H2. The van der Waals surface area contributed by atoms with E-state index in [0.717, 1.165) is 24.9 Å². The van der Waals surface area contributed by atoms with Gasteiger partial charge in [0.15, 0.2) is 0 Å². The second-order valence-corrected chi connectivity index (χ2v) is 7.83. The average Bonchev–Trinajstić information content (AvgIpc) is 3.03. The molecule has 0 bridgehead atoms. The molecule has 3 amide bonds. The first-order valence-electron chi connectivity index (χ1n) is 10.6. The van der Waals surface area contributed by atoms with Crippen LogP contribution >= 0.6 is 0 Å². The molecule has 0 atom stereocenters. The Morgan fingerprint density at radius 1 is 0.567 bits per heavy atom. The van der Waals surface area contributed by atoms with Crippen molar-refractivity contribution in [1.29, 1.82) is 0 Å². The normalized spacial score (nSPS) is 15.1. The number of amides is 3. The quantitative estimate of drug-likeness (QED) is 0.464. The Labute approximate surface area is 174 Å². The lowest BCUT2D eigenvalue weighted by molar-refractivity contribution is 0.0607. The zero-order valence-corrected chi connectivity index (χ0v) is 16.9. The lowest BCUT2D eigenvalue weighted by Gasteiger charge is -2.27. The van der Waals surface area contributed by atoms with Crippen molar-refractivity contribution in [2.45, 2.75) is 38.5 Å². The van der Waals surface area contributed by atoms with Crippen LogP contribution in [0.3, 0.4) is 0 Å². The van der Waals surface area contributed by atoms with Gasteiger partial charge in [-0.2, -0.15) is 0 Å². The number of carbonyl (C=O) groups excluding carboxylic acids is 3. The number of carbonyl (C=O) groups is 3. The molecule has 0 aromatic heterocycles. The Kier molecular flexibility index (Phi) is 5.83. The summed E-state index contributed by atoms with van der Waals surface area (Å²) in [5.74, 6) is -0.757. The van der Waals surface area contributed by atoms with Gasteiger partial charge >= 0.3 is 0 Å². The Bertz CT molecular complexity index is 994. The Balaban J connectivity index is 1.68. The number of imide groups is 1. The maximum atomic E-state index is 13.1. The lowest BCUT2D eigenvalue weighted by atomic mass is 9.91. The van der Waals surface area contributed by atoms with E-state index in [1.165, 1.54) is 4.90 Å². The molecule has 2 aromatic rings. The zero-order valence-electron chi connectivity index (χ0n) is 16.9. The van der Waals surface area contributed by atoms with Gasteiger partial charge in [0.2, 0.25) is 0 Å². The van der Waals surface area contributed by atoms with Crippen molar-refractivity contribution in [3.05, 3.63) is 41.0 Å². The molecule has 2 aliphatic heterocycles. The van der Waals surface area contributed by atoms with Gasteiger partial charge in [0, 0.05) is 53.8 Å². The molecule has 2 aromatic carbocycles. The molecule has 0 unspecified atom stereocenters. The van der Waals surface area contributed by atoms with E-state index in [9.17, 15) is 14.4 Å². The number of anilines is 1. The summed E-state index contributed by atoms with van der Waals surface area (Å²) in [6, 6.07) is 6.88. The van der Waals surface area contributed by atoms with E-state index in [4.69, 9.17) is 10.2 Å².